The molecule has 0 unspecified atom stereocenters. The molecule has 0 spiro atoms. The summed E-state index contributed by atoms with van der Waals surface area (Å²) in [5.74, 6) is 0.462. The van der Waals surface area contributed by atoms with Gasteiger partial charge in [0.25, 0.3) is 0 Å². The first kappa shape index (κ1) is 17.9. The fourth-order valence-electron chi connectivity index (χ4n) is 1.69. The number of guanidine groups is 1. The number of rotatable bonds is 5. The zero-order valence-corrected chi connectivity index (χ0v) is 15.4. The molecule has 2 aromatic rings. The first-order valence-electron chi connectivity index (χ1n) is 6.42. The van der Waals surface area contributed by atoms with Crippen molar-refractivity contribution in [3.05, 3.63) is 64.4 Å². The summed E-state index contributed by atoms with van der Waals surface area (Å²) in [5.41, 5.74) is 7.99. The second-order valence-electron chi connectivity index (χ2n) is 4.33. The number of hydrogen-bond acceptors (Lipinski definition) is 2. The first-order valence-corrected chi connectivity index (χ1v) is 7.21. The summed E-state index contributed by atoms with van der Waals surface area (Å²) >= 11 is 3.40. The van der Waals surface area contributed by atoms with Gasteiger partial charge in [0.15, 0.2) is 5.96 Å². The van der Waals surface area contributed by atoms with Crippen LogP contribution >= 0.6 is 39.9 Å². The normalized spacial score (nSPS) is 10.8. The molecule has 1 heterocycles. The summed E-state index contributed by atoms with van der Waals surface area (Å²) < 4.78 is 1.06. The number of nitrogens with one attached hydrogen (secondary N) is 1. The highest BCUT2D eigenvalue weighted by Crippen LogP contribution is 2.10. The van der Waals surface area contributed by atoms with Gasteiger partial charge in [-0.05, 0) is 29.8 Å². The molecule has 21 heavy (non-hydrogen) atoms. The lowest BCUT2D eigenvalue weighted by molar-refractivity contribution is 0.827. The van der Waals surface area contributed by atoms with Gasteiger partial charge in [-0.25, -0.2) is 4.99 Å². The number of nitrogens with two attached hydrogens (primary N) is 1. The lowest BCUT2D eigenvalue weighted by Gasteiger charge is -2.05. The van der Waals surface area contributed by atoms with Crippen molar-refractivity contribution in [2.75, 3.05) is 6.54 Å². The van der Waals surface area contributed by atoms with Crippen LogP contribution < -0.4 is 11.1 Å². The Hall–Kier alpha value is -1.15. The van der Waals surface area contributed by atoms with E-state index in [1.54, 1.807) is 6.20 Å². The van der Waals surface area contributed by atoms with Gasteiger partial charge in [0.1, 0.15) is 0 Å². The second kappa shape index (κ2) is 9.73. The number of halogens is 2. The van der Waals surface area contributed by atoms with Crippen molar-refractivity contribution in [1.82, 2.24) is 10.3 Å². The molecule has 0 saturated heterocycles. The Kier molecular flexibility index (Phi) is 8.29. The Labute approximate surface area is 150 Å². The van der Waals surface area contributed by atoms with E-state index in [0.717, 1.165) is 28.7 Å². The maximum atomic E-state index is 5.82. The van der Waals surface area contributed by atoms with Crippen molar-refractivity contribution < 1.29 is 0 Å². The van der Waals surface area contributed by atoms with Gasteiger partial charge >= 0.3 is 0 Å². The van der Waals surface area contributed by atoms with Gasteiger partial charge in [-0.3, -0.25) is 4.98 Å². The molecule has 6 heteroatoms. The molecule has 112 valence electrons. The maximum absolute atomic E-state index is 5.82. The molecule has 0 aliphatic rings. The fourth-order valence-corrected chi connectivity index (χ4v) is 1.95. The first-order chi connectivity index (χ1) is 9.74. The van der Waals surface area contributed by atoms with Gasteiger partial charge in [-0.15, -0.1) is 24.0 Å². The van der Waals surface area contributed by atoms with Crippen molar-refractivity contribution in [3.63, 3.8) is 0 Å². The molecule has 0 aliphatic carbocycles. The minimum absolute atomic E-state index is 0. The zero-order valence-electron chi connectivity index (χ0n) is 11.5. The summed E-state index contributed by atoms with van der Waals surface area (Å²) in [4.78, 5) is 8.56. The third kappa shape index (κ3) is 6.90. The Balaban J connectivity index is 0.00000220. The summed E-state index contributed by atoms with van der Waals surface area (Å²) in [6.07, 6.45) is 2.62. The molecule has 1 aromatic carbocycles. The van der Waals surface area contributed by atoms with Gasteiger partial charge in [0.2, 0.25) is 0 Å². The third-order valence-electron chi connectivity index (χ3n) is 2.76. The Morgan fingerprint density at radius 2 is 1.95 bits per heavy atom. The lowest BCUT2D eigenvalue weighted by Crippen LogP contribution is -2.33. The zero-order chi connectivity index (χ0) is 14.2. The van der Waals surface area contributed by atoms with Gasteiger partial charge in [0.05, 0.1) is 6.54 Å². The molecule has 0 atom stereocenters. The smallest absolute Gasteiger partial charge is 0.188 e. The van der Waals surface area contributed by atoms with Gasteiger partial charge in [-0.1, -0.05) is 34.1 Å². The van der Waals surface area contributed by atoms with Gasteiger partial charge < -0.3 is 11.1 Å². The minimum Gasteiger partial charge on any atom is -0.370 e. The van der Waals surface area contributed by atoms with E-state index in [1.807, 2.05) is 42.5 Å². The highest BCUT2D eigenvalue weighted by atomic mass is 127. The summed E-state index contributed by atoms with van der Waals surface area (Å²) in [5, 5.41) is 3.09. The predicted molar refractivity (Wildman–Crippen MR) is 101 cm³/mol. The van der Waals surface area contributed by atoms with Crippen molar-refractivity contribution in [3.8, 4) is 0 Å². The van der Waals surface area contributed by atoms with Crippen LogP contribution in [0.2, 0.25) is 0 Å². The van der Waals surface area contributed by atoms with Crippen LogP contribution in [-0.2, 0) is 13.0 Å². The highest BCUT2D eigenvalue weighted by Gasteiger charge is 1.96. The molecular formula is C15H18BrIN4. The number of nitrogens with zero attached hydrogens (tertiary/aromatic N) is 2. The molecule has 0 aliphatic heterocycles. The molecule has 4 nitrogen and oxygen atoms in total. The van der Waals surface area contributed by atoms with E-state index in [-0.39, 0.29) is 24.0 Å². The van der Waals surface area contributed by atoms with Crippen LogP contribution in [0.5, 0.6) is 0 Å². The summed E-state index contributed by atoms with van der Waals surface area (Å²) in [6, 6.07) is 13.9. The van der Waals surface area contributed by atoms with Crippen molar-refractivity contribution in [2.45, 2.75) is 13.0 Å². The van der Waals surface area contributed by atoms with Crippen LogP contribution in [0.1, 0.15) is 11.3 Å². The van der Waals surface area contributed by atoms with Crippen LogP contribution in [0, 0.1) is 0 Å². The summed E-state index contributed by atoms with van der Waals surface area (Å²) in [7, 11) is 0. The number of pyridine rings is 1. The summed E-state index contributed by atoms with van der Waals surface area (Å²) in [6.45, 7) is 1.31. The minimum atomic E-state index is 0. The molecule has 0 amide bonds. The molecule has 0 bridgehead atoms. The number of benzene rings is 1. The Morgan fingerprint density at radius 1 is 1.19 bits per heavy atom. The SMILES string of the molecule is I.NC(=NCc1ccc(Br)cc1)NCCc1ccccn1. The molecule has 3 N–H and O–H groups in total. The lowest BCUT2D eigenvalue weighted by atomic mass is 10.2. The van der Waals surface area contributed by atoms with Crippen LogP contribution in [-0.4, -0.2) is 17.5 Å². The Bertz CT molecular complexity index is 558. The molecule has 1 aromatic heterocycles. The average molecular weight is 461 g/mol. The van der Waals surface area contributed by atoms with E-state index in [0.29, 0.717) is 12.5 Å². The monoisotopic (exact) mass is 460 g/mol. The molecule has 2 rings (SSSR count). The predicted octanol–water partition coefficient (Wildman–Crippen LogP) is 3.11. The molecule has 0 fully saturated rings. The standard InChI is InChI=1S/C15H17BrN4.HI/c16-13-6-4-12(5-7-13)11-20-15(17)19-10-8-14-3-1-2-9-18-14;/h1-7,9H,8,10-11H2,(H3,17,19,20);1H. The average Bonchev–Trinajstić information content (AvgIpc) is 2.48. The Morgan fingerprint density at radius 3 is 2.62 bits per heavy atom. The topological polar surface area (TPSA) is 63.3 Å². The molecular weight excluding hydrogens is 443 g/mol. The van der Waals surface area contributed by atoms with Crippen molar-refractivity contribution in [2.24, 2.45) is 10.7 Å². The number of aromatic nitrogens is 1. The number of aliphatic imine (C=N–C) groups is 1. The maximum Gasteiger partial charge on any atom is 0.188 e. The number of hydrogen-bond donors (Lipinski definition) is 2. The highest BCUT2D eigenvalue weighted by molar-refractivity contribution is 14.0. The van der Waals surface area contributed by atoms with E-state index in [4.69, 9.17) is 5.73 Å². The van der Waals surface area contributed by atoms with Crippen molar-refractivity contribution in [1.29, 1.82) is 0 Å². The fraction of sp³-hybridized carbons (Fsp3) is 0.200. The van der Waals surface area contributed by atoms with E-state index >= 15 is 0 Å². The largest absolute Gasteiger partial charge is 0.370 e. The van der Waals surface area contributed by atoms with Crippen LogP contribution in [0.4, 0.5) is 0 Å². The van der Waals surface area contributed by atoms with Gasteiger partial charge in [-0.2, -0.15) is 0 Å². The van der Waals surface area contributed by atoms with Crippen LogP contribution in [0.15, 0.2) is 58.1 Å². The van der Waals surface area contributed by atoms with Crippen LogP contribution in [0.25, 0.3) is 0 Å². The quantitative estimate of drug-likeness (QED) is 0.409. The van der Waals surface area contributed by atoms with Crippen molar-refractivity contribution >= 4 is 45.9 Å². The van der Waals surface area contributed by atoms with E-state index < -0.39 is 0 Å². The van der Waals surface area contributed by atoms with Crippen LogP contribution in [0.3, 0.4) is 0 Å². The van der Waals surface area contributed by atoms with E-state index in [1.165, 1.54) is 0 Å². The third-order valence-corrected chi connectivity index (χ3v) is 3.29. The molecule has 0 radical (unpaired) electrons. The van der Waals surface area contributed by atoms with Gasteiger partial charge in [0, 0.05) is 29.3 Å². The second-order valence-corrected chi connectivity index (χ2v) is 5.24. The van der Waals surface area contributed by atoms with E-state index in [2.05, 4.69) is 31.2 Å². The van der Waals surface area contributed by atoms with E-state index in [9.17, 15) is 0 Å². The molecule has 0 saturated carbocycles.